The Morgan fingerprint density at radius 3 is 2.12 bits per heavy atom. The summed E-state index contributed by atoms with van der Waals surface area (Å²) >= 11 is 14.2. The fourth-order valence-electron chi connectivity index (χ4n) is 4.19. The van der Waals surface area contributed by atoms with Crippen molar-refractivity contribution >= 4 is 83.3 Å². The van der Waals surface area contributed by atoms with Gasteiger partial charge in [0.25, 0.3) is 0 Å². The molecule has 0 radical (unpaired) electrons. The van der Waals surface area contributed by atoms with Crippen LogP contribution in [0.4, 0.5) is 5.13 Å². The van der Waals surface area contributed by atoms with Crippen LogP contribution in [0.1, 0.15) is 6.42 Å². The molecule has 3 heterocycles. The molecule has 0 aliphatic heterocycles. The van der Waals surface area contributed by atoms with E-state index in [1.54, 1.807) is 17.5 Å². The third-order valence-corrected chi connectivity index (χ3v) is 6.82. The van der Waals surface area contributed by atoms with Crippen molar-refractivity contribution in [1.29, 1.82) is 0 Å². The highest BCUT2D eigenvalue weighted by atomic mass is 35.5. The fourth-order valence-corrected chi connectivity index (χ4v) is 5.10. The summed E-state index contributed by atoms with van der Waals surface area (Å²) in [4.78, 5) is 11.3. The Bertz CT molecular complexity index is 1490. The molecular formula is C24H18Cl2N4OS. The standard InChI is InChI=1S/C24H18Cl2N4OS/c25-13-2-4-19-15(10-13)17-12-18-16-11-14(26)3-5-20(16)30-22(18)23(21(17)29-19)31-8-1-6-27-24-28-7-9-32-24/h2-5,7,9-12,29-30H,1,6,8H2,(H,27,28). The lowest BCUT2D eigenvalue weighted by Gasteiger charge is -2.10. The Kier molecular flexibility index (Phi) is 4.86. The first-order chi connectivity index (χ1) is 15.7. The Labute approximate surface area is 197 Å². The second kappa shape index (κ2) is 7.89. The average molecular weight is 481 g/mol. The van der Waals surface area contributed by atoms with E-state index in [1.807, 2.05) is 41.8 Å². The third-order valence-electron chi connectivity index (χ3n) is 5.62. The van der Waals surface area contributed by atoms with Gasteiger partial charge in [-0.3, -0.25) is 0 Å². The van der Waals surface area contributed by atoms with Crippen LogP contribution in [0, 0.1) is 0 Å². The van der Waals surface area contributed by atoms with E-state index in [-0.39, 0.29) is 0 Å². The second-order valence-electron chi connectivity index (χ2n) is 7.65. The van der Waals surface area contributed by atoms with E-state index >= 15 is 0 Å². The van der Waals surface area contributed by atoms with Crippen molar-refractivity contribution in [1.82, 2.24) is 15.0 Å². The Morgan fingerprint density at radius 1 is 0.875 bits per heavy atom. The summed E-state index contributed by atoms with van der Waals surface area (Å²) in [5, 5.41) is 11.9. The maximum absolute atomic E-state index is 6.39. The molecule has 160 valence electrons. The summed E-state index contributed by atoms with van der Waals surface area (Å²) in [6, 6.07) is 14.0. The second-order valence-corrected chi connectivity index (χ2v) is 9.41. The minimum atomic E-state index is 0.568. The number of nitrogens with zero attached hydrogens (tertiary/aromatic N) is 1. The summed E-state index contributed by atoms with van der Waals surface area (Å²) in [5.74, 6) is 0.811. The zero-order valence-corrected chi connectivity index (χ0v) is 19.2. The van der Waals surface area contributed by atoms with E-state index in [4.69, 9.17) is 27.9 Å². The highest BCUT2D eigenvalue weighted by Gasteiger charge is 2.18. The number of hydrogen-bond acceptors (Lipinski definition) is 4. The molecule has 0 spiro atoms. The molecule has 0 fully saturated rings. The van der Waals surface area contributed by atoms with Crippen LogP contribution in [0.5, 0.6) is 5.75 Å². The molecular weight excluding hydrogens is 463 g/mol. The molecule has 0 amide bonds. The zero-order chi connectivity index (χ0) is 21.7. The van der Waals surface area contributed by atoms with Gasteiger partial charge in [-0.15, -0.1) is 11.3 Å². The number of benzene rings is 3. The Hall–Kier alpha value is -2.93. The first-order valence-electron chi connectivity index (χ1n) is 10.3. The highest BCUT2D eigenvalue weighted by molar-refractivity contribution is 7.13. The maximum atomic E-state index is 6.39. The lowest BCUT2D eigenvalue weighted by molar-refractivity contribution is 0.321. The molecule has 32 heavy (non-hydrogen) atoms. The quantitative estimate of drug-likeness (QED) is 0.215. The van der Waals surface area contributed by atoms with E-state index in [0.29, 0.717) is 16.7 Å². The van der Waals surface area contributed by atoms with Gasteiger partial charge in [0.05, 0.1) is 17.6 Å². The van der Waals surface area contributed by atoms with Crippen molar-refractivity contribution in [2.75, 3.05) is 18.5 Å². The maximum Gasteiger partial charge on any atom is 0.182 e. The fraction of sp³-hybridized carbons (Fsp3) is 0.125. The molecule has 6 rings (SSSR count). The van der Waals surface area contributed by atoms with Gasteiger partial charge in [0.2, 0.25) is 0 Å². The number of ether oxygens (including phenoxy) is 1. The zero-order valence-electron chi connectivity index (χ0n) is 16.8. The smallest absolute Gasteiger partial charge is 0.182 e. The first-order valence-corrected chi connectivity index (χ1v) is 11.9. The van der Waals surface area contributed by atoms with Gasteiger partial charge in [0.1, 0.15) is 0 Å². The molecule has 3 aromatic carbocycles. The van der Waals surface area contributed by atoms with Crippen molar-refractivity contribution < 1.29 is 4.74 Å². The minimum absolute atomic E-state index is 0.568. The van der Waals surface area contributed by atoms with Gasteiger partial charge in [-0.25, -0.2) is 4.98 Å². The van der Waals surface area contributed by atoms with Crippen LogP contribution >= 0.6 is 34.5 Å². The number of halogens is 2. The monoisotopic (exact) mass is 480 g/mol. The normalized spacial score (nSPS) is 11.8. The summed E-state index contributed by atoms with van der Waals surface area (Å²) < 4.78 is 6.39. The van der Waals surface area contributed by atoms with Crippen LogP contribution in [-0.2, 0) is 0 Å². The number of hydrogen-bond donors (Lipinski definition) is 3. The molecule has 0 atom stereocenters. The first kappa shape index (κ1) is 19.7. The van der Waals surface area contributed by atoms with Crippen LogP contribution in [0.25, 0.3) is 43.6 Å². The predicted octanol–water partition coefficient (Wildman–Crippen LogP) is 7.60. The SMILES string of the molecule is Clc1ccc2[nH]c3c(OCCCNc4nccs4)c4[nH]c5ccc(Cl)cc5c4cc3c2c1. The number of H-pyrrole nitrogens is 2. The van der Waals surface area contributed by atoms with E-state index in [0.717, 1.165) is 67.5 Å². The van der Waals surface area contributed by atoms with E-state index in [1.165, 1.54) is 0 Å². The van der Waals surface area contributed by atoms with Gasteiger partial charge >= 0.3 is 0 Å². The minimum Gasteiger partial charge on any atom is -0.489 e. The molecule has 0 saturated carbocycles. The van der Waals surface area contributed by atoms with Gasteiger partial charge < -0.3 is 20.0 Å². The van der Waals surface area contributed by atoms with Gasteiger partial charge in [0.15, 0.2) is 10.9 Å². The van der Waals surface area contributed by atoms with Crippen LogP contribution < -0.4 is 10.1 Å². The lowest BCUT2D eigenvalue weighted by atomic mass is 10.1. The van der Waals surface area contributed by atoms with Gasteiger partial charge in [-0.1, -0.05) is 23.2 Å². The molecule has 0 unspecified atom stereocenters. The van der Waals surface area contributed by atoms with Crippen molar-refractivity contribution in [2.45, 2.75) is 6.42 Å². The topological polar surface area (TPSA) is 65.7 Å². The van der Waals surface area contributed by atoms with E-state index in [2.05, 4.69) is 26.3 Å². The largest absolute Gasteiger partial charge is 0.489 e. The van der Waals surface area contributed by atoms with Crippen molar-refractivity contribution in [3.8, 4) is 5.75 Å². The highest BCUT2D eigenvalue weighted by Crippen LogP contribution is 2.41. The number of thiazole rings is 1. The molecule has 0 aliphatic carbocycles. The van der Waals surface area contributed by atoms with Gasteiger partial charge in [0, 0.05) is 60.7 Å². The number of rotatable bonds is 6. The third kappa shape index (κ3) is 3.35. The molecule has 3 N–H and O–H groups in total. The number of aromatic amines is 2. The summed E-state index contributed by atoms with van der Waals surface area (Å²) in [5.41, 5.74) is 3.96. The van der Waals surface area contributed by atoms with Gasteiger partial charge in [-0.05, 0) is 48.9 Å². The van der Waals surface area contributed by atoms with E-state index in [9.17, 15) is 0 Å². The lowest BCUT2D eigenvalue weighted by Crippen LogP contribution is -2.07. The van der Waals surface area contributed by atoms with Crippen molar-refractivity contribution in [3.05, 3.63) is 64.1 Å². The molecule has 6 aromatic rings. The van der Waals surface area contributed by atoms with Crippen molar-refractivity contribution in [3.63, 3.8) is 0 Å². The Morgan fingerprint density at radius 2 is 1.53 bits per heavy atom. The molecule has 0 aliphatic rings. The van der Waals surface area contributed by atoms with Crippen LogP contribution in [0.2, 0.25) is 10.0 Å². The predicted molar refractivity (Wildman–Crippen MR) is 136 cm³/mol. The van der Waals surface area contributed by atoms with Crippen molar-refractivity contribution in [2.24, 2.45) is 0 Å². The summed E-state index contributed by atoms with van der Waals surface area (Å²) in [7, 11) is 0. The van der Waals surface area contributed by atoms with Crippen LogP contribution in [0.15, 0.2) is 54.0 Å². The molecule has 5 nitrogen and oxygen atoms in total. The van der Waals surface area contributed by atoms with E-state index < -0.39 is 0 Å². The number of anilines is 1. The number of nitrogens with one attached hydrogen (secondary N) is 3. The Balaban J connectivity index is 1.45. The molecule has 8 heteroatoms. The number of aromatic nitrogens is 3. The van der Waals surface area contributed by atoms with Gasteiger partial charge in [-0.2, -0.15) is 0 Å². The molecule has 0 saturated heterocycles. The summed E-state index contributed by atoms with van der Waals surface area (Å²) in [6.45, 7) is 1.36. The molecule has 3 aromatic heterocycles. The molecule has 0 bridgehead atoms. The summed E-state index contributed by atoms with van der Waals surface area (Å²) in [6.07, 6.45) is 2.64. The average Bonchev–Trinajstić information content (AvgIpc) is 3.50. The van der Waals surface area contributed by atoms with Crippen LogP contribution in [-0.4, -0.2) is 28.1 Å². The van der Waals surface area contributed by atoms with Crippen LogP contribution in [0.3, 0.4) is 0 Å². The number of fused-ring (bicyclic) bond motifs is 6.